The maximum atomic E-state index is 11.8. The van der Waals surface area contributed by atoms with Gasteiger partial charge in [-0.1, -0.05) is 18.2 Å². The number of carbonyl (C=O) groups excluding carboxylic acids is 1. The number of aryl methyl sites for hydroxylation is 2. The van der Waals surface area contributed by atoms with Crippen LogP contribution in [-0.2, 0) is 4.79 Å². The van der Waals surface area contributed by atoms with Crippen LogP contribution in [0.2, 0.25) is 0 Å². The van der Waals surface area contributed by atoms with Gasteiger partial charge in [-0.25, -0.2) is 0 Å². The molecular weight excluding hydrogens is 252 g/mol. The number of amides is 1. The zero-order valence-corrected chi connectivity index (χ0v) is 11.6. The Morgan fingerprint density at radius 1 is 1.20 bits per heavy atom. The van der Waals surface area contributed by atoms with E-state index in [0.29, 0.717) is 11.4 Å². The molecule has 0 aliphatic rings. The Kier molecular flexibility index (Phi) is 4.25. The summed E-state index contributed by atoms with van der Waals surface area (Å²) in [5, 5.41) is 2.79. The smallest absolute Gasteiger partial charge is 0.262 e. The second kappa shape index (κ2) is 6.10. The van der Waals surface area contributed by atoms with E-state index in [4.69, 9.17) is 10.5 Å². The van der Waals surface area contributed by atoms with Gasteiger partial charge in [0.05, 0.1) is 0 Å². The highest BCUT2D eigenvalue weighted by atomic mass is 16.5. The summed E-state index contributed by atoms with van der Waals surface area (Å²) in [5.74, 6) is 0.432. The lowest BCUT2D eigenvalue weighted by Crippen LogP contribution is -2.20. The molecule has 0 aliphatic heterocycles. The van der Waals surface area contributed by atoms with Crippen LogP contribution in [0, 0.1) is 13.8 Å². The third-order valence-electron chi connectivity index (χ3n) is 2.87. The van der Waals surface area contributed by atoms with E-state index < -0.39 is 0 Å². The molecule has 0 aromatic heterocycles. The minimum Gasteiger partial charge on any atom is -0.483 e. The molecule has 1 amide bonds. The van der Waals surface area contributed by atoms with Gasteiger partial charge in [-0.05, 0) is 43.2 Å². The van der Waals surface area contributed by atoms with Gasteiger partial charge in [0.2, 0.25) is 0 Å². The molecule has 0 aliphatic carbocycles. The van der Waals surface area contributed by atoms with Crippen molar-refractivity contribution in [2.75, 3.05) is 17.7 Å². The number of anilines is 2. The molecule has 4 heteroatoms. The number of rotatable bonds is 4. The molecule has 0 heterocycles. The first-order chi connectivity index (χ1) is 9.54. The maximum Gasteiger partial charge on any atom is 0.262 e. The van der Waals surface area contributed by atoms with E-state index in [1.54, 1.807) is 12.1 Å². The van der Waals surface area contributed by atoms with Gasteiger partial charge in [0.1, 0.15) is 5.75 Å². The minimum atomic E-state index is -0.197. The SMILES string of the molecule is Cc1cccc(NC(=O)COc2cc(N)ccc2C)c1. The standard InChI is InChI=1S/C16H18N2O2/c1-11-4-3-5-14(8-11)18-16(19)10-20-15-9-13(17)7-6-12(15)2/h3-9H,10,17H2,1-2H3,(H,18,19). The number of hydrogen-bond acceptors (Lipinski definition) is 3. The molecular formula is C16H18N2O2. The largest absolute Gasteiger partial charge is 0.483 e. The number of nitrogens with one attached hydrogen (secondary N) is 1. The lowest BCUT2D eigenvalue weighted by Gasteiger charge is -2.10. The van der Waals surface area contributed by atoms with Crippen molar-refractivity contribution < 1.29 is 9.53 Å². The van der Waals surface area contributed by atoms with Crippen molar-refractivity contribution in [3.63, 3.8) is 0 Å². The predicted molar refractivity (Wildman–Crippen MR) is 80.9 cm³/mol. The summed E-state index contributed by atoms with van der Waals surface area (Å²) in [7, 11) is 0. The topological polar surface area (TPSA) is 64.3 Å². The first-order valence-electron chi connectivity index (χ1n) is 6.40. The van der Waals surface area contributed by atoms with Gasteiger partial charge in [-0.15, -0.1) is 0 Å². The molecule has 0 radical (unpaired) electrons. The van der Waals surface area contributed by atoms with Crippen molar-refractivity contribution in [1.82, 2.24) is 0 Å². The van der Waals surface area contributed by atoms with Crippen LogP contribution in [0.1, 0.15) is 11.1 Å². The van der Waals surface area contributed by atoms with E-state index in [1.807, 2.05) is 44.2 Å². The Labute approximate surface area is 118 Å². The number of nitrogens with two attached hydrogens (primary N) is 1. The number of carbonyl (C=O) groups is 1. The quantitative estimate of drug-likeness (QED) is 0.840. The van der Waals surface area contributed by atoms with Crippen LogP contribution >= 0.6 is 0 Å². The molecule has 104 valence electrons. The molecule has 0 unspecified atom stereocenters. The second-order valence-electron chi connectivity index (χ2n) is 4.73. The second-order valence-corrected chi connectivity index (χ2v) is 4.73. The van der Waals surface area contributed by atoms with Gasteiger partial charge < -0.3 is 15.8 Å². The van der Waals surface area contributed by atoms with Gasteiger partial charge in [0, 0.05) is 17.4 Å². The Morgan fingerprint density at radius 2 is 2.00 bits per heavy atom. The first kappa shape index (κ1) is 13.9. The van der Waals surface area contributed by atoms with Crippen LogP contribution in [0.5, 0.6) is 5.75 Å². The molecule has 20 heavy (non-hydrogen) atoms. The van der Waals surface area contributed by atoms with Crippen molar-refractivity contribution in [3.05, 3.63) is 53.6 Å². The molecule has 0 fully saturated rings. The third kappa shape index (κ3) is 3.75. The Bertz CT molecular complexity index is 624. The summed E-state index contributed by atoms with van der Waals surface area (Å²) < 4.78 is 5.49. The Morgan fingerprint density at radius 3 is 2.75 bits per heavy atom. The van der Waals surface area contributed by atoms with Crippen LogP contribution in [0.4, 0.5) is 11.4 Å². The van der Waals surface area contributed by atoms with Crippen LogP contribution < -0.4 is 15.8 Å². The highest BCUT2D eigenvalue weighted by molar-refractivity contribution is 5.91. The number of ether oxygens (including phenoxy) is 1. The van der Waals surface area contributed by atoms with E-state index in [9.17, 15) is 4.79 Å². The van der Waals surface area contributed by atoms with E-state index in [-0.39, 0.29) is 12.5 Å². The van der Waals surface area contributed by atoms with Crippen molar-refractivity contribution in [2.24, 2.45) is 0 Å². The van der Waals surface area contributed by atoms with Gasteiger partial charge >= 0.3 is 0 Å². The zero-order chi connectivity index (χ0) is 14.5. The zero-order valence-electron chi connectivity index (χ0n) is 11.6. The average molecular weight is 270 g/mol. The van der Waals surface area contributed by atoms with Crippen molar-refractivity contribution in [2.45, 2.75) is 13.8 Å². The number of hydrogen-bond donors (Lipinski definition) is 2. The molecule has 4 nitrogen and oxygen atoms in total. The fraction of sp³-hybridized carbons (Fsp3) is 0.188. The Hall–Kier alpha value is -2.49. The summed E-state index contributed by atoms with van der Waals surface area (Å²) in [5.41, 5.74) is 9.12. The molecule has 0 spiro atoms. The fourth-order valence-corrected chi connectivity index (χ4v) is 1.84. The van der Waals surface area contributed by atoms with Gasteiger partial charge in [0.25, 0.3) is 5.91 Å². The predicted octanol–water partition coefficient (Wildman–Crippen LogP) is 2.90. The molecule has 0 atom stereocenters. The third-order valence-corrected chi connectivity index (χ3v) is 2.87. The average Bonchev–Trinajstić information content (AvgIpc) is 2.40. The highest BCUT2D eigenvalue weighted by Gasteiger charge is 2.06. The van der Waals surface area contributed by atoms with Crippen LogP contribution in [0.3, 0.4) is 0 Å². The van der Waals surface area contributed by atoms with Gasteiger partial charge in [0.15, 0.2) is 6.61 Å². The fourth-order valence-electron chi connectivity index (χ4n) is 1.84. The molecule has 3 N–H and O–H groups in total. The summed E-state index contributed by atoms with van der Waals surface area (Å²) in [4.78, 5) is 11.8. The monoisotopic (exact) mass is 270 g/mol. The summed E-state index contributed by atoms with van der Waals surface area (Å²) in [6.45, 7) is 3.84. The van der Waals surface area contributed by atoms with Crippen molar-refractivity contribution in [1.29, 1.82) is 0 Å². The van der Waals surface area contributed by atoms with E-state index in [1.165, 1.54) is 0 Å². The van der Waals surface area contributed by atoms with Crippen molar-refractivity contribution >= 4 is 17.3 Å². The lowest BCUT2D eigenvalue weighted by molar-refractivity contribution is -0.118. The highest BCUT2D eigenvalue weighted by Crippen LogP contribution is 2.20. The molecule has 2 rings (SSSR count). The number of benzene rings is 2. The van der Waals surface area contributed by atoms with E-state index >= 15 is 0 Å². The normalized spacial score (nSPS) is 10.1. The van der Waals surface area contributed by atoms with Crippen LogP contribution in [0.15, 0.2) is 42.5 Å². The lowest BCUT2D eigenvalue weighted by atomic mass is 10.2. The van der Waals surface area contributed by atoms with Crippen LogP contribution in [-0.4, -0.2) is 12.5 Å². The Balaban J connectivity index is 1.94. The molecule has 0 saturated carbocycles. The van der Waals surface area contributed by atoms with Gasteiger partial charge in [-0.3, -0.25) is 4.79 Å². The first-order valence-corrected chi connectivity index (χ1v) is 6.40. The summed E-state index contributed by atoms with van der Waals surface area (Å²) in [6.07, 6.45) is 0. The van der Waals surface area contributed by atoms with Gasteiger partial charge in [-0.2, -0.15) is 0 Å². The molecule has 2 aromatic carbocycles. The van der Waals surface area contributed by atoms with E-state index in [2.05, 4.69) is 5.32 Å². The van der Waals surface area contributed by atoms with E-state index in [0.717, 1.165) is 16.8 Å². The summed E-state index contributed by atoms with van der Waals surface area (Å²) in [6, 6.07) is 13.0. The van der Waals surface area contributed by atoms with Crippen LogP contribution in [0.25, 0.3) is 0 Å². The van der Waals surface area contributed by atoms with Crippen molar-refractivity contribution in [3.8, 4) is 5.75 Å². The number of nitrogen functional groups attached to an aromatic ring is 1. The molecule has 0 bridgehead atoms. The molecule has 2 aromatic rings. The summed E-state index contributed by atoms with van der Waals surface area (Å²) >= 11 is 0. The maximum absolute atomic E-state index is 11.8. The minimum absolute atomic E-state index is 0.0434. The molecule has 0 saturated heterocycles.